The maximum Gasteiger partial charge on any atom is 0.191 e. The number of nitrogens with zero attached hydrogens (tertiary/aromatic N) is 1. The van der Waals surface area contributed by atoms with Gasteiger partial charge >= 0.3 is 0 Å². The van der Waals surface area contributed by atoms with Crippen LogP contribution in [0, 0.1) is 5.82 Å². The summed E-state index contributed by atoms with van der Waals surface area (Å²) >= 11 is 0. The Morgan fingerprint density at radius 1 is 1.31 bits per heavy atom. The number of aliphatic hydroxyl groups is 1. The first-order valence-corrected chi connectivity index (χ1v) is 8.24. The molecule has 1 aromatic heterocycles. The highest BCUT2D eigenvalue weighted by Crippen LogP contribution is 2.14. The predicted molar refractivity (Wildman–Crippen MR) is 110 cm³/mol. The lowest BCUT2D eigenvalue weighted by Crippen LogP contribution is -2.42. The molecule has 0 saturated carbocycles. The van der Waals surface area contributed by atoms with Crippen LogP contribution < -0.4 is 15.4 Å². The largest absolute Gasteiger partial charge is 0.489 e. The first-order valence-electron chi connectivity index (χ1n) is 8.24. The molecule has 1 heterocycles. The molecule has 0 aliphatic carbocycles. The van der Waals surface area contributed by atoms with Gasteiger partial charge in [0.2, 0.25) is 0 Å². The van der Waals surface area contributed by atoms with Crippen LogP contribution in [0.25, 0.3) is 0 Å². The topological polar surface area (TPSA) is 79.0 Å². The van der Waals surface area contributed by atoms with Crippen LogP contribution in [-0.4, -0.2) is 36.8 Å². The van der Waals surface area contributed by atoms with Gasteiger partial charge in [0.15, 0.2) is 5.96 Å². The minimum atomic E-state index is -0.800. The van der Waals surface area contributed by atoms with Gasteiger partial charge in [-0.1, -0.05) is 6.07 Å². The summed E-state index contributed by atoms with van der Waals surface area (Å²) in [5.41, 5.74) is 0. The van der Waals surface area contributed by atoms with Crippen LogP contribution in [0.2, 0.25) is 0 Å². The van der Waals surface area contributed by atoms with E-state index in [9.17, 15) is 9.50 Å². The second-order valence-corrected chi connectivity index (χ2v) is 5.52. The molecule has 2 atom stereocenters. The van der Waals surface area contributed by atoms with Gasteiger partial charge in [0.05, 0.1) is 19.4 Å². The molecule has 0 aliphatic rings. The highest BCUT2D eigenvalue weighted by molar-refractivity contribution is 14.0. The van der Waals surface area contributed by atoms with E-state index in [4.69, 9.17) is 9.15 Å². The molecule has 2 unspecified atom stereocenters. The Bertz CT molecular complexity index is 667. The molecule has 0 amide bonds. The first kappa shape index (κ1) is 22.2. The molecule has 0 bridgehead atoms. The van der Waals surface area contributed by atoms with Crippen molar-refractivity contribution in [2.75, 3.05) is 19.6 Å². The number of rotatable bonds is 8. The maximum absolute atomic E-state index is 13.2. The Morgan fingerprint density at radius 3 is 2.77 bits per heavy atom. The third kappa shape index (κ3) is 7.61. The van der Waals surface area contributed by atoms with Crippen molar-refractivity contribution in [3.8, 4) is 5.75 Å². The summed E-state index contributed by atoms with van der Waals surface area (Å²) in [5, 5.41) is 16.2. The molecule has 3 N–H and O–H groups in total. The van der Waals surface area contributed by atoms with Crippen molar-refractivity contribution in [3.63, 3.8) is 0 Å². The van der Waals surface area contributed by atoms with Gasteiger partial charge in [-0.05, 0) is 38.1 Å². The van der Waals surface area contributed by atoms with Gasteiger partial charge in [-0.25, -0.2) is 4.39 Å². The zero-order valence-electron chi connectivity index (χ0n) is 14.8. The number of hydrogen-bond donors (Lipinski definition) is 3. The molecule has 8 heteroatoms. The number of furan rings is 1. The fourth-order valence-electron chi connectivity index (χ4n) is 2.15. The fraction of sp³-hybridized carbons (Fsp3) is 0.389. The van der Waals surface area contributed by atoms with Crippen LogP contribution in [0.5, 0.6) is 5.75 Å². The molecule has 0 fully saturated rings. The van der Waals surface area contributed by atoms with E-state index < -0.39 is 6.10 Å². The molecule has 26 heavy (non-hydrogen) atoms. The quantitative estimate of drug-likeness (QED) is 0.310. The number of aliphatic hydroxyl groups excluding tert-OH is 1. The summed E-state index contributed by atoms with van der Waals surface area (Å²) in [5.74, 6) is 1.18. The minimum absolute atomic E-state index is 0. The summed E-state index contributed by atoms with van der Waals surface area (Å²) in [6.07, 6.45) is 0.518. The zero-order valence-corrected chi connectivity index (χ0v) is 17.1. The second kappa shape index (κ2) is 11.7. The van der Waals surface area contributed by atoms with Gasteiger partial charge in [0.1, 0.15) is 29.5 Å². The van der Waals surface area contributed by atoms with Crippen molar-refractivity contribution < 1.29 is 18.7 Å². The lowest BCUT2D eigenvalue weighted by Gasteiger charge is -2.18. The molecular formula is C18H25FIN3O3. The Morgan fingerprint density at radius 2 is 2.12 bits per heavy atom. The number of benzene rings is 1. The van der Waals surface area contributed by atoms with Crippen molar-refractivity contribution in [2.24, 2.45) is 4.99 Å². The third-order valence-corrected chi connectivity index (χ3v) is 3.33. The van der Waals surface area contributed by atoms with E-state index in [0.717, 1.165) is 0 Å². The number of nitrogens with one attached hydrogen (secondary N) is 2. The molecule has 6 nitrogen and oxygen atoms in total. The molecular weight excluding hydrogens is 452 g/mol. The zero-order chi connectivity index (χ0) is 18.1. The van der Waals surface area contributed by atoms with Gasteiger partial charge in [0, 0.05) is 12.6 Å². The van der Waals surface area contributed by atoms with Crippen LogP contribution in [-0.2, 0) is 0 Å². The Hall–Kier alpha value is -1.81. The van der Waals surface area contributed by atoms with Crippen LogP contribution in [0.3, 0.4) is 0 Å². The normalized spacial score (nSPS) is 13.5. The number of ether oxygens (including phenoxy) is 1. The first-order chi connectivity index (χ1) is 12.1. The molecule has 1 aromatic carbocycles. The van der Waals surface area contributed by atoms with Gasteiger partial charge < -0.3 is 24.9 Å². The Balaban J connectivity index is 0.00000338. The van der Waals surface area contributed by atoms with Gasteiger partial charge in [-0.3, -0.25) is 4.99 Å². The lowest BCUT2D eigenvalue weighted by molar-refractivity contribution is 0.158. The van der Waals surface area contributed by atoms with Gasteiger partial charge in [-0.2, -0.15) is 0 Å². The van der Waals surface area contributed by atoms with Crippen molar-refractivity contribution >= 4 is 29.9 Å². The third-order valence-electron chi connectivity index (χ3n) is 3.33. The smallest absolute Gasteiger partial charge is 0.191 e. The average molecular weight is 477 g/mol. The Kier molecular flexibility index (Phi) is 10.0. The number of hydrogen-bond acceptors (Lipinski definition) is 4. The van der Waals surface area contributed by atoms with Crippen LogP contribution in [0.4, 0.5) is 4.39 Å². The molecule has 144 valence electrons. The molecule has 0 aliphatic heterocycles. The highest BCUT2D eigenvalue weighted by atomic mass is 127. The minimum Gasteiger partial charge on any atom is -0.489 e. The highest BCUT2D eigenvalue weighted by Gasteiger charge is 2.11. The van der Waals surface area contributed by atoms with Gasteiger partial charge in [0.25, 0.3) is 0 Å². The van der Waals surface area contributed by atoms with Crippen molar-refractivity contribution in [1.82, 2.24) is 10.6 Å². The monoisotopic (exact) mass is 477 g/mol. The molecule has 0 saturated heterocycles. The molecule has 0 spiro atoms. The van der Waals surface area contributed by atoms with Crippen LogP contribution in [0.1, 0.15) is 25.7 Å². The predicted octanol–water partition coefficient (Wildman–Crippen LogP) is 3.09. The second-order valence-electron chi connectivity index (χ2n) is 5.52. The average Bonchev–Trinajstić information content (AvgIpc) is 3.12. The molecule has 2 rings (SSSR count). The molecule has 2 aromatic rings. The van der Waals surface area contributed by atoms with E-state index in [0.29, 0.717) is 30.6 Å². The van der Waals surface area contributed by atoms with E-state index >= 15 is 0 Å². The summed E-state index contributed by atoms with van der Waals surface area (Å²) in [4.78, 5) is 4.33. The summed E-state index contributed by atoms with van der Waals surface area (Å²) in [6, 6.07) is 9.45. The Labute approximate surface area is 169 Å². The van der Waals surface area contributed by atoms with E-state index in [-0.39, 0.29) is 42.4 Å². The van der Waals surface area contributed by atoms with Crippen LogP contribution in [0.15, 0.2) is 52.1 Å². The van der Waals surface area contributed by atoms with Crippen molar-refractivity contribution in [3.05, 3.63) is 54.2 Å². The fourth-order valence-corrected chi connectivity index (χ4v) is 2.15. The summed E-state index contributed by atoms with van der Waals surface area (Å²) in [6.45, 7) is 5.15. The lowest BCUT2D eigenvalue weighted by atomic mass is 10.3. The maximum atomic E-state index is 13.2. The summed E-state index contributed by atoms with van der Waals surface area (Å²) < 4.78 is 24.0. The van der Waals surface area contributed by atoms with Crippen molar-refractivity contribution in [1.29, 1.82) is 0 Å². The number of halogens is 2. The van der Waals surface area contributed by atoms with Crippen LogP contribution >= 0.6 is 24.0 Å². The molecule has 0 radical (unpaired) electrons. The van der Waals surface area contributed by atoms with E-state index in [1.165, 1.54) is 18.4 Å². The van der Waals surface area contributed by atoms with E-state index in [2.05, 4.69) is 15.6 Å². The van der Waals surface area contributed by atoms with E-state index in [1.807, 2.05) is 13.8 Å². The van der Waals surface area contributed by atoms with Gasteiger partial charge in [-0.15, -0.1) is 24.0 Å². The number of aliphatic imine (C=N–C) groups is 1. The standard InChI is InChI=1S/C18H24FN3O3.HI/c1-3-20-18(22-12-16(23)17-8-5-9-24-17)21-11-13(2)25-15-7-4-6-14(19)10-15;/h4-10,13,16,23H,3,11-12H2,1-2H3,(H2,20,21,22);1H. The van der Waals surface area contributed by atoms with Crippen molar-refractivity contribution in [2.45, 2.75) is 26.1 Å². The summed E-state index contributed by atoms with van der Waals surface area (Å²) in [7, 11) is 0. The SMILES string of the molecule is CCNC(=NCC(O)c1ccco1)NCC(C)Oc1cccc(F)c1.I. The van der Waals surface area contributed by atoms with E-state index in [1.54, 1.807) is 24.3 Å². The number of guanidine groups is 1.